The van der Waals surface area contributed by atoms with Crippen molar-refractivity contribution < 1.29 is 9.72 Å². The highest BCUT2D eigenvalue weighted by Crippen LogP contribution is 2.15. The van der Waals surface area contributed by atoms with Crippen LogP contribution in [0.15, 0.2) is 60.7 Å². The quantitative estimate of drug-likeness (QED) is 0.491. The first-order valence-corrected chi connectivity index (χ1v) is 6.33. The van der Waals surface area contributed by atoms with Gasteiger partial charge in [0.15, 0.2) is 0 Å². The molecule has 2 rings (SSSR count). The molecule has 0 saturated heterocycles. The molecule has 5 heteroatoms. The van der Waals surface area contributed by atoms with Crippen LogP contribution in [0.3, 0.4) is 0 Å². The molecule has 0 aliphatic rings. The highest BCUT2D eigenvalue weighted by atomic mass is 16.6. The minimum Gasteiger partial charge on any atom is -0.312 e. The van der Waals surface area contributed by atoms with Crippen LogP contribution in [-0.4, -0.2) is 17.9 Å². The molecule has 0 aliphatic heterocycles. The molecule has 21 heavy (non-hydrogen) atoms. The second kappa shape index (κ2) is 6.47. The van der Waals surface area contributed by atoms with Gasteiger partial charge in [-0.3, -0.25) is 14.9 Å². The molecule has 0 fully saturated rings. The second-order valence-electron chi connectivity index (χ2n) is 4.42. The molecule has 0 radical (unpaired) electrons. The van der Waals surface area contributed by atoms with Crippen LogP contribution in [0, 0.1) is 10.1 Å². The zero-order valence-electron chi connectivity index (χ0n) is 11.5. The Hall–Kier alpha value is -2.95. The summed E-state index contributed by atoms with van der Waals surface area (Å²) in [5.74, 6) is -0.201. The number of para-hydroxylation sites is 1. The molecule has 0 heterocycles. The first kappa shape index (κ1) is 14.5. The molecule has 0 unspecified atom stereocenters. The Morgan fingerprint density at radius 1 is 1.14 bits per heavy atom. The number of amides is 1. The van der Waals surface area contributed by atoms with E-state index < -0.39 is 4.92 Å². The number of nitro benzene ring substituents is 1. The van der Waals surface area contributed by atoms with Gasteiger partial charge in [0.05, 0.1) is 4.92 Å². The van der Waals surface area contributed by atoms with E-state index in [9.17, 15) is 14.9 Å². The van der Waals surface area contributed by atoms with Gasteiger partial charge < -0.3 is 4.90 Å². The molecule has 0 N–H and O–H groups in total. The normalized spacial score (nSPS) is 10.5. The van der Waals surface area contributed by atoms with Gasteiger partial charge in [-0.1, -0.05) is 30.3 Å². The molecule has 0 bridgehead atoms. The van der Waals surface area contributed by atoms with Gasteiger partial charge >= 0.3 is 0 Å². The Morgan fingerprint density at radius 3 is 2.52 bits per heavy atom. The fourth-order valence-corrected chi connectivity index (χ4v) is 1.80. The van der Waals surface area contributed by atoms with Crippen molar-refractivity contribution in [3.63, 3.8) is 0 Å². The first-order chi connectivity index (χ1) is 10.1. The van der Waals surface area contributed by atoms with Crippen molar-refractivity contribution in [1.29, 1.82) is 0 Å². The lowest BCUT2D eigenvalue weighted by Crippen LogP contribution is -2.23. The van der Waals surface area contributed by atoms with Crippen molar-refractivity contribution in [3.05, 3.63) is 76.4 Å². The molecular formula is C16H14N2O3. The van der Waals surface area contributed by atoms with Crippen LogP contribution in [0.25, 0.3) is 6.08 Å². The fraction of sp³-hybridized carbons (Fsp3) is 0.0625. The molecule has 0 atom stereocenters. The lowest BCUT2D eigenvalue weighted by Gasteiger charge is -2.14. The van der Waals surface area contributed by atoms with Crippen LogP contribution in [0.5, 0.6) is 0 Å². The van der Waals surface area contributed by atoms with E-state index in [2.05, 4.69) is 0 Å². The fourth-order valence-electron chi connectivity index (χ4n) is 1.80. The largest absolute Gasteiger partial charge is 0.312 e. The van der Waals surface area contributed by atoms with Crippen LogP contribution in [0.1, 0.15) is 5.56 Å². The highest BCUT2D eigenvalue weighted by molar-refractivity contribution is 6.03. The van der Waals surface area contributed by atoms with Gasteiger partial charge in [-0.15, -0.1) is 0 Å². The van der Waals surface area contributed by atoms with E-state index in [-0.39, 0.29) is 11.6 Å². The predicted octanol–water partition coefficient (Wildman–Crippen LogP) is 3.27. The number of anilines is 1. The SMILES string of the molecule is CN(C(=O)/C=C/c1cccc([N+](=O)[O-])c1)c1ccccc1. The molecule has 0 spiro atoms. The summed E-state index contributed by atoms with van der Waals surface area (Å²) in [6, 6.07) is 15.4. The topological polar surface area (TPSA) is 63.5 Å². The maximum Gasteiger partial charge on any atom is 0.270 e. The lowest BCUT2D eigenvalue weighted by atomic mass is 10.2. The van der Waals surface area contributed by atoms with E-state index >= 15 is 0 Å². The third-order valence-electron chi connectivity index (χ3n) is 2.97. The average Bonchev–Trinajstić information content (AvgIpc) is 2.53. The number of rotatable bonds is 4. The standard InChI is InChI=1S/C16H14N2O3/c1-17(14-7-3-2-4-8-14)16(19)11-10-13-6-5-9-15(12-13)18(20)21/h2-12H,1H3/b11-10+. The van der Waals surface area contributed by atoms with Crippen molar-refractivity contribution in [2.24, 2.45) is 0 Å². The van der Waals surface area contributed by atoms with Gasteiger partial charge in [-0.05, 0) is 23.8 Å². The number of benzene rings is 2. The van der Waals surface area contributed by atoms with E-state index in [0.29, 0.717) is 5.56 Å². The zero-order chi connectivity index (χ0) is 15.2. The summed E-state index contributed by atoms with van der Waals surface area (Å²) >= 11 is 0. The maximum absolute atomic E-state index is 12.0. The van der Waals surface area contributed by atoms with Gasteiger partial charge in [0.2, 0.25) is 0 Å². The lowest BCUT2D eigenvalue weighted by molar-refractivity contribution is -0.384. The van der Waals surface area contributed by atoms with Crippen molar-refractivity contribution in [3.8, 4) is 0 Å². The van der Waals surface area contributed by atoms with Gasteiger partial charge in [-0.25, -0.2) is 0 Å². The Kier molecular flexibility index (Phi) is 4.46. The predicted molar refractivity (Wildman–Crippen MR) is 82.0 cm³/mol. The van der Waals surface area contributed by atoms with E-state index in [0.717, 1.165) is 5.69 Å². The summed E-state index contributed by atoms with van der Waals surface area (Å²) in [4.78, 5) is 23.8. The van der Waals surface area contributed by atoms with Gasteiger partial charge in [0.1, 0.15) is 0 Å². The van der Waals surface area contributed by atoms with Crippen LogP contribution in [0.4, 0.5) is 11.4 Å². The number of nitro groups is 1. The van der Waals surface area contributed by atoms with Crippen LogP contribution < -0.4 is 4.90 Å². The third-order valence-corrected chi connectivity index (χ3v) is 2.97. The molecule has 0 aromatic heterocycles. The molecule has 2 aromatic carbocycles. The Bertz CT molecular complexity index is 681. The van der Waals surface area contributed by atoms with Crippen molar-refractivity contribution >= 4 is 23.4 Å². The second-order valence-corrected chi connectivity index (χ2v) is 4.42. The monoisotopic (exact) mass is 282 g/mol. The van der Waals surface area contributed by atoms with Gasteiger partial charge in [-0.2, -0.15) is 0 Å². The number of likely N-dealkylation sites (N-methyl/N-ethyl adjacent to an activating group) is 1. The number of hydrogen-bond donors (Lipinski definition) is 0. The first-order valence-electron chi connectivity index (χ1n) is 6.33. The van der Waals surface area contributed by atoms with Gasteiger partial charge in [0.25, 0.3) is 11.6 Å². The number of carbonyl (C=O) groups is 1. The third kappa shape index (κ3) is 3.76. The summed E-state index contributed by atoms with van der Waals surface area (Å²) in [5, 5.41) is 10.7. The molecular weight excluding hydrogens is 268 g/mol. The zero-order valence-corrected chi connectivity index (χ0v) is 11.5. The summed E-state index contributed by atoms with van der Waals surface area (Å²) in [6.07, 6.45) is 2.96. The molecule has 0 saturated carbocycles. The number of carbonyl (C=O) groups excluding carboxylic acids is 1. The van der Waals surface area contributed by atoms with Gasteiger partial charge in [0, 0.05) is 30.9 Å². The Morgan fingerprint density at radius 2 is 1.86 bits per heavy atom. The summed E-state index contributed by atoms with van der Waals surface area (Å²) in [6.45, 7) is 0. The minimum atomic E-state index is -0.463. The molecule has 2 aromatic rings. The number of hydrogen-bond acceptors (Lipinski definition) is 3. The Balaban J connectivity index is 2.12. The molecule has 5 nitrogen and oxygen atoms in total. The molecule has 0 aliphatic carbocycles. The summed E-state index contributed by atoms with van der Waals surface area (Å²) in [7, 11) is 1.68. The molecule has 1 amide bonds. The van der Waals surface area contributed by atoms with Crippen molar-refractivity contribution in [2.75, 3.05) is 11.9 Å². The smallest absolute Gasteiger partial charge is 0.270 e. The van der Waals surface area contributed by atoms with E-state index in [1.807, 2.05) is 30.3 Å². The highest BCUT2D eigenvalue weighted by Gasteiger charge is 2.07. The van der Waals surface area contributed by atoms with Crippen molar-refractivity contribution in [1.82, 2.24) is 0 Å². The van der Waals surface area contributed by atoms with Crippen LogP contribution in [-0.2, 0) is 4.79 Å². The average molecular weight is 282 g/mol. The maximum atomic E-state index is 12.0. The van der Waals surface area contributed by atoms with E-state index in [4.69, 9.17) is 0 Å². The summed E-state index contributed by atoms with van der Waals surface area (Å²) in [5.41, 5.74) is 1.39. The number of non-ortho nitro benzene ring substituents is 1. The minimum absolute atomic E-state index is 0.000938. The summed E-state index contributed by atoms with van der Waals surface area (Å²) < 4.78 is 0. The van der Waals surface area contributed by atoms with E-state index in [1.54, 1.807) is 25.3 Å². The van der Waals surface area contributed by atoms with Crippen molar-refractivity contribution in [2.45, 2.75) is 0 Å². The van der Waals surface area contributed by atoms with Crippen LogP contribution >= 0.6 is 0 Å². The Labute approximate surface area is 122 Å². The van der Waals surface area contributed by atoms with Crippen LogP contribution in [0.2, 0.25) is 0 Å². The molecule has 106 valence electrons. The van der Waals surface area contributed by atoms with E-state index in [1.165, 1.54) is 23.1 Å². The number of nitrogens with zero attached hydrogens (tertiary/aromatic N) is 2.